The van der Waals surface area contributed by atoms with Crippen molar-refractivity contribution in [3.63, 3.8) is 0 Å². The Bertz CT molecular complexity index is 436. The molecule has 0 aliphatic heterocycles. The molecule has 0 spiro atoms. The highest BCUT2D eigenvalue weighted by Crippen LogP contribution is 2.17. The summed E-state index contributed by atoms with van der Waals surface area (Å²) in [5.41, 5.74) is 0. The summed E-state index contributed by atoms with van der Waals surface area (Å²) in [5.74, 6) is -1.21. The maximum Gasteiger partial charge on any atom is 0.303 e. The molecule has 1 atom stereocenters. The van der Waals surface area contributed by atoms with E-state index in [1.807, 2.05) is 0 Å². The van der Waals surface area contributed by atoms with E-state index in [9.17, 15) is 14.0 Å². The Morgan fingerprint density at radius 2 is 2.00 bits per heavy atom. The van der Waals surface area contributed by atoms with Crippen LogP contribution >= 0.6 is 11.8 Å². The molecule has 0 fully saturated rings. The van der Waals surface area contributed by atoms with E-state index in [0.29, 0.717) is 6.54 Å². The number of carboxylic acid groups (broad SMARTS) is 1. The normalized spacial score (nSPS) is 11.9. The van der Waals surface area contributed by atoms with E-state index in [2.05, 4.69) is 5.32 Å². The molecule has 1 unspecified atom stereocenters. The van der Waals surface area contributed by atoms with E-state index in [-0.39, 0.29) is 29.8 Å². The molecule has 0 aromatic heterocycles. The van der Waals surface area contributed by atoms with Crippen LogP contribution in [0, 0.1) is 11.7 Å². The molecule has 6 heteroatoms. The first-order chi connectivity index (χ1) is 8.97. The molecule has 1 aromatic carbocycles. The van der Waals surface area contributed by atoms with Gasteiger partial charge in [0.1, 0.15) is 5.82 Å². The largest absolute Gasteiger partial charge is 0.481 e. The zero-order valence-corrected chi connectivity index (χ0v) is 11.4. The lowest BCUT2D eigenvalue weighted by Gasteiger charge is -2.10. The summed E-state index contributed by atoms with van der Waals surface area (Å²) in [7, 11) is 0. The van der Waals surface area contributed by atoms with Crippen molar-refractivity contribution in [2.45, 2.75) is 18.2 Å². The van der Waals surface area contributed by atoms with E-state index in [1.165, 1.54) is 23.9 Å². The number of thioether (sulfide) groups is 1. The van der Waals surface area contributed by atoms with Gasteiger partial charge in [0, 0.05) is 17.9 Å². The average Bonchev–Trinajstić information content (AvgIpc) is 2.35. The lowest BCUT2D eigenvalue weighted by molar-refractivity contribution is -0.138. The second kappa shape index (κ2) is 7.78. The Morgan fingerprint density at radius 3 is 2.58 bits per heavy atom. The molecule has 0 saturated carbocycles. The molecule has 1 rings (SSSR count). The first-order valence-corrected chi connectivity index (χ1v) is 6.83. The van der Waals surface area contributed by atoms with Gasteiger partial charge in [-0.05, 0) is 30.2 Å². The predicted octanol–water partition coefficient (Wildman–Crippen LogP) is 2.14. The smallest absolute Gasteiger partial charge is 0.303 e. The van der Waals surface area contributed by atoms with Gasteiger partial charge in [0.2, 0.25) is 5.91 Å². The minimum atomic E-state index is -0.873. The zero-order valence-electron chi connectivity index (χ0n) is 10.6. The third-order valence-electron chi connectivity index (χ3n) is 2.35. The Morgan fingerprint density at radius 1 is 1.37 bits per heavy atom. The molecular formula is C13H16FNO3S. The quantitative estimate of drug-likeness (QED) is 0.753. The predicted molar refractivity (Wildman–Crippen MR) is 71.6 cm³/mol. The fraction of sp³-hybridized carbons (Fsp3) is 0.385. The van der Waals surface area contributed by atoms with Crippen molar-refractivity contribution < 1.29 is 19.1 Å². The van der Waals surface area contributed by atoms with E-state index in [0.717, 1.165) is 4.90 Å². The summed E-state index contributed by atoms with van der Waals surface area (Å²) in [4.78, 5) is 22.8. The van der Waals surface area contributed by atoms with Crippen molar-refractivity contribution in [1.82, 2.24) is 5.32 Å². The van der Waals surface area contributed by atoms with Crippen molar-refractivity contribution >= 4 is 23.6 Å². The van der Waals surface area contributed by atoms with Crippen LogP contribution in [-0.2, 0) is 9.59 Å². The van der Waals surface area contributed by atoms with Crippen LogP contribution in [0.3, 0.4) is 0 Å². The summed E-state index contributed by atoms with van der Waals surface area (Å²) in [6.45, 7) is 2.11. The van der Waals surface area contributed by atoms with E-state index in [1.54, 1.807) is 19.1 Å². The van der Waals surface area contributed by atoms with Gasteiger partial charge in [-0.3, -0.25) is 9.59 Å². The van der Waals surface area contributed by atoms with Gasteiger partial charge in [0.25, 0.3) is 0 Å². The number of hydrogen-bond acceptors (Lipinski definition) is 3. The van der Waals surface area contributed by atoms with Crippen LogP contribution in [0.25, 0.3) is 0 Å². The van der Waals surface area contributed by atoms with Gasteiger partial charge in [-0.2, -0.15) is 0 Å². The number of benzene rings is 1. The van der Waals surface area contributed by atoms with Crippen LogP contribution in [0.1, 0.15) is 13.3 Å². The second-order valence-electron chi connectivity index (χ2n) is 4.25. The Hall–Kier alpha value is -1.56. The van der Waals surface area contributed by atoms with Crippen LogP contribution in [0.2, 0.25) is 0 Å². The number of aliphatic carboxylic acids is 1. The van der Waals surface area contributed by atoms with Gasteiger partial charge < -0.3 is 10.4 Å². The Kier molecular flexibility index (Phi) is 6.35. The molecule has 104 valence electrons. The topological polar surface area (TPSA) is 66.4 Å². The first-order valence-electron chi connectivity index (χ1n) is 5.84. The van der Waals surface area contributed by atoms with Crippen LogP contribution in [0.5, 0.6) is 0 Å². The fourth-order valence-corrected chi connectivity index (χ4v) is 2.12. The number of carboxylic acids is 1. The Balaban J connectivity index is 2.24. The molecule has 0 aliphatic rings. The molecule has 1 amide bonds. The SMILES string of the molecule is CC(CNC(=O)CSc1ccc(F)cc1)CC(=O)O. The third-order valence-corrected chi connectivity index (χ3v) is 3.37. The number of halogens is 1. The van der Waals surface area contributed by atoms with Gasteiger partial charge in [-0.15, -0.1) is 11.8 Å². The van der Waals surface area contributed by atoms with Gasteiger partial charge in [0.15, 0.2) is 0 Å². The standard InChI is InChI=1S/C13H16FNO3S/c1-9(6-13(17)18)7-15-12(16)8-19-11-4-2-10(14)3-5-11/h2-5,9H,6-8H2,1H3,(H,15,16)(H,17,18). The highest BCUT2D eigenvalue weighted by molar-refractivity contribution is 8.00. The molecule has 0 radical (unpaired) electrons. The third kappa shape index (κ3) is 6.81. The van der Waals surface area contributed by atoms with Gasteiger partial charge in [-0.1, -0.05) is 6.92 Å². The number of rotatable bonds is 7. The summed E-state index contributed by atoms with van der Waals surface area (Å²) in [6, 6.07) is 5.91. The molecule has 4 nitrogen and oxygen atoms in total. The second-order valence-corrected chi connectivity index (χ2v) is 5.30. The van der Waals surface area contributed by atoms with Crippen molar-refractivity contribution in [2.24, 2.45) is 5.92 Å². The highest BCUT2D eigenvalue weighted by atomic mass is 32.2. The minimum Gasteiger partial charge on any atom is -0.481 e. The molecule has 19 heavy (non-hydrogen) atoms. The molecular weight excluding hydrogens is 269 g/mol. The summed E-state index contributed by atoms with van der Waals surface area (Å²) in [5, 5.41) is 11.2. The lowest BCUT2D eigenvalue weighted by atomic mass is 10.1. The monoisotopic (exact) mass is 285 g/mol. The number of hydrogen-bond donors (Lipinski definition) is 2. The summed E-state index contributed by atoms with van der Waals surface area (Å²) >= 11 is 1.31. The summed E-state index contributed by atoms with van der Waals surface area (Å²) < 4.78 is 12.7. The molecule has 0 aliphatic carbocycles. The van der Waals surface area contributed by atoms with Crippen LogP contribution < -0.4 is 5.32 Å². The van der Waals surface area contributed by atoms with Crippen molar-refractivity contribution in [2.75, 3.05) is 12.3 Å². The molecule has 0 bridgehead atoms. The zero-order chi connectivity index (χ0) is 14.3. The van der Waals surface area contributed by atoms with Crippen molar-refractivity contribution in [3.8, 4) is 0 Å². The van der Waals surface area contributed by atoms with Gasteiger partial charge in [0.05, 0.1) is 5.75 Å². The Labute approximate surface area is 115 Å². The fourth-order valence-electron chi connectivity index (χ4n) is 1.39. The summed E-state index contributed by atoms with van der Waals surface area (Å²) in [6.07, 6.45) is 0.0331. The van der Waals surface area contributed by atoms with Crippen LogP contribution in [-0.4, -0.2) is 29.3 Å². The van der Waals surface area contributed by atoms with Crippen LogP contribution in [0.15, 0.2) is 29.2 Å². The average molecular weight is 285 g/mol. The number of amides is 1. The van der Waals surface area contributed by atoms with Gasteiger partial charge in [-0.25, -0.2) is 4.39 Å². The van der Waals surface area contributed by atoms with Crippen LogP contribution in [0.4, 0.5) is 4.39 Å². The number of carbonyl (C=O) groups excluding carboxylic acids is 1. The molecule has 0 saturated heterocycles. The van der Waals surface area contributed by atoms with E-state index >= 15 is 0 Å². The van der Waals surface area contributed by atoms with E-state index in [4.69, 9.17) is 5.11 Å². The van der Waals surface area contributed by atoms with Crippen molar-refractivity contribution in [1.29, 1.82) is 0 Å². The number of nitrogens with one attached hydrogen (secondary N) is 1. The maximum absolute atomic E-state index is 12.7. The number of carbonyl (C=O) groups is 2. The molecule has 0 heterocycles. The van der Waals surface area contributed by atoms with Crippen molar-refractivity contribution in [3.05, 3.63) is 30.1 Å². The van der Waals surface area contributed by atoms with Gasteiger partial charge >= 0.3 is 5.97 Å². The molecule has 1 aromatic rings. The molecule has 2 N–H and O–H groups in total. The lowest BCUT2D eigenvalue weighted by Crippen LogP contribution is -2.30. The minimum absolute atomic E-state index is 0.0331. The highest BCUT2D eigenvalue weighted by Gasteiger charge is 2.09. The van der Waals surface area contributed by atoms with E-state index < -0.39 is 5.97 Å². The maximum atomic E-state index is 12.7. The first kappa shape index (κ1) is 15.5.